The molecule has 0 amide bonds. The van der Waals surface area contributed by atoms with Gasteiger partial charge in [0.2, 0.25) is 0 Å². The Morgan fingerprint density at radius 3 is 2.52 bits per heavy atom. The van der Waals surface area contributed by atoms with E-state index in [1.807, 2.05) is 18.2 Å². The Kier molecular flexibility index (Phi) is 5.81. The Hall–Kier alpha value is -0.880. The van der Waals surface area contributed by atoms with Crippen LogP contribution in [0.2, 0.25) is 0 Å². The summed E-state index contributed by atoms with van der Waals surface area (Å²) in [4.78, 5) is 2.70. The Morgan fingerprint density at radius 2 is 1.90 bits per heavy atom. The number of para-hydroxylation sites is 1. The van der Waals surface area contributed by atoms with Crippen LogP contribution in [-0.2, 0) is 0 Å². The quantitative estimate of drug-likeness (QED) is 0.818. The maximum absolute atomic E-state index is 12.4. The van der Waals surface area contributed by atoms with Crippen molar-refractivity contribution in [3.05, 3.63) is 24.3 Å². The molecule has 0 saturated carbocycles. The van der Waals surface area contributed by atoms with Crippen LogP contribution in [0, 0.1) is 0 Å². The first-order chi connectivity index (χ1) is 9.98. The number of alkyl halides is 3. The molecular weight excluding hydrogens is 297 g/mol. The highest BCUT2D eigenvalue weighted by Gasteiger charge is 2.32. The fourth-order valence-corrected chi connectivity index (χ4v) is 3.34. The van der Waals surface area contributed by atoms with Crippen LogP contribution in [0.3, 0.4) is 0 Å². The number of piperidine rings is 1. The minimum Gasteiger partial charge on any atom is -0.381 e. The van der Waals surface area contributed by atoms with Crippen LogP contribution in [0.15, 0.2) is 29.2 Å². The largest absolute Gasteiger partial charge is 0.401 e. The summed E-state index contributed by atoms with van der Waals surface area (Å²) in [6, 6.07) is 8.37. The molecule has 2 rings (SSSR count). The van der Waals surface area contributed by atoms with E-state index in [2.05, 4.69) is 18.3 Å². The first kappa shape index (κ1) is 16.5. The van der Waals surface area contributed by atoms with Gasteiger partial charge >= 0.3 is 6.18 Å². The molecule has 1 heterocycles. The number of nitrogens with zero attached hydrogens (tertiary/aromatic N) is 1. The molecule has 6 heteroatoms. The lowest BCUT2D eigenvalue weighted by atomic mass is 10.0. The molecule has 1 fully saturated rings. The van der Waals surface area contributed by atoms with Gasteiger partial charge in [0.1, 0.15) is 0 Å². The molecule has 0 aromatic heterocycles. The molecule has 118 valence electrons. The zero-order valence-corrected chi connectivity index (χ0v) is 12.9. The van der Waals surface area contributed by atoms with Crippen molar-refractivity contribution in [3.8, 4) is 0 Å². The van der Waals surface area contributed by atoms with E-state index in [0.29, 0.717) is 13.1 Å². The lowest BCUT2D eigenvalue weighted by Gasteiger charge is -2.33. The van der Waals surface area contributed by atoms with Crippen molar-refractivity contribution in [2.45, 2.75) is 36.9 Å². The smallest absolute Gasteiger partial charge is 0.381 e. The van der Waals surface area contributed by atoms with Gasteiger partial charge in [-0.1, -0.05) is 19.1 Å². The number of likely N-dealkylation sites (tertiary alicyclic amines) is 1. The lowest BCUT2D eigenvalue weighted by Crippen LogP contribution is -2.43. The first-order valence-electron chi connectivity index (χ1n) is 7.25. The van der Waals surface area contributed by atoms with Crippen molar-refractivity contribution < 1.29 is 13.2 Å². The predicted molar refractivity (Wildman–Crippen MR) is 82.0 cm³/mol. The Bertz CT molecular complexity index is 443. The minimum absolute atomic E-state index is 0.257. The van der Waals surface area contributed by atoms with E-state index in [0.717, 1.165) is 24.3 Å². The zero-order valence-electron chi connectivity index (χ0n) is 12.1. The number of halogens is 3. The van der Waals surface area contributed by atoms with Crippen molar-refractivity contribution in [3.63, 3.8) is 0 Å². The second-order valence-corrected chi connectivity index (χ2v) is 6.54. The molecule has 1 aliphatic rings. The van der Waals surface area contributed by atoms with E-state index < -0.39 is 12.7 Å². The van der Waals surface area contributed by atoms with Gasteiger partial charge < -0.3 is 5.32 Å². The summed E-state index contributed by atoms with van der Waals surface area (Å²) in [5, 5.41) is 3.49. The summed E-state index contributed by atoms with van der Waals surface area (Å²) in [6.45, 7) is 2.32. The first-order valence-corrected chi connectivity index (χ1v) is 8.24. The van der Waals surface area contributed by atoms with Gasteiger partial charge in [-0.3, -0.25) is 4.90 Å². The van der Waals surface area contributed by atoms with E-state index in [-0.39, 0.29) is 6.04 Å². The van der Waals surface area contributed by atoms with E-state index in [1.165, 1.54) is 9.80 Å². The summed E-state index contributed by atoms with van der Waals surface area (Å²) in [5.74, 6) is 1.00. The maximum Gasteiger partial charge on any atom is 0.401 e. The van der Waals surface area contributed by atoms with Gasteiger partial charge in [-0.15, -0.1) is 11.8 Å². The summed E-state index contributed by atoms with van der Waals surface area (Å²) in [5.41, 5.74) is 1.10. The van der Waals surface area contributed by atoms with E-state index in [1.54, 1.807) is 11.8 Å². The van der Waals surface area contributed by atoms with E-state index >= 15 is 0 Å². The minimum atomic E-state index is -4.09. The zero-order chi connectivity index (χ0) is 15.3. The molecule has 0 radical (unpaired) electrons. The van der Waals surface area contributed by atoms with E-state index in [9.17, 15) is 13.2 Å². The second kappa shape index (κ2) is 7.40. The molecule has 1 N–H and O–H groups in total. The summed E-state index contributed by atoms with van der Waals surface area (Å²) in [7, 11) is 0. The van der Waals surface area contributed by atoms with Gasteiger partial charge in [-0.05, 0) is 30.7 Å². The second-order valence-electron chi connectivity index (χ2n) is 5.24. The van der Waals surface area contributed by atoms with Gasteiger partial charge in [0.05, 0.1) is 6.54 Å². The Balaban J connectivity index is 1.86. The molecule has 1 saturated heterocycles. The van der Waals surface area contributed by atoms with Gasteiger partial charge in [0.25, 0.3) is 0 Å². The van der Waals surface area contributed by atoms with Crippen LogP contribution >= 0.6 is 11.8 Å². The standard InChI is InChI=1S/C15H21F3N2S/c1-2-21-14-6-4-3-5-13(14)19-12-7-9-20(10-8-12)11-15(16,17)18/h3-6,12,19H,2,7-11H2,1H3. The molecule has 1 aromatic carbocycles. The van der Waals surface area contributed by atoms with Gasteiger partial charge in [0, 0.05) is 29.7 Å². The van der Waals surface area contributed by atoms with Crippen LogP contribution < -0.4 is 5.32 Å². The predicted octanol–water partition coefficient (Wildman–Crippen LogP) is 4.24. The molecule has 0 aliphatic carbocycles. The summed E-state index contributed by atoms with van der Waals surface area (Å²) >= 11 is 1.78. The maximum atomic E-state index is 12.4. The molecule has 0 atom stereocenters. The van der Waals surface area contributed by atoms with Crippen LogP contribution in [0.4, 0.5) is 18.9 Å². The highest BCUT2D eigenvalue weighted by molar-refractivity contribution is 7.99. The van der Waals surface area contributed by atoms with Crippen molar-refractivity contribution in [2.75, 3.05) is 30.7 Å². The normalized spacial score (nSPS) is 17.9. The molecule has 21 heavy (non-hydrogen) atoms. The summed E-state index contributed by atoms with van der Waals surface area (Å²) in [6.07, 6.45) is -2.59. The molecule has 1 aliphatic heterocycles. The average Bonchev–Trinajstić information content (AvgIpc) is 2.42. The molecule has 1 aromatic rings. The fourth-order valence-electron chi connectivity index (χ4n) is 2.58. The third-order valence-electron chi connectivity index (χ3n) is 3.54. The number of hydrogen-bond acceptors (Lipinski definition) is 3. The molecule has 2 nitrogen and oxygen atoms in total. The van der Waals surface area contributed by atoms with Gasteiger partial charge in [0.15, 0.2) is 0 Å². The Labute approximate surface area is 128 Å². The van der Waals surface area contributed by atoms with Crippen molar-refractivity contribution in [2.24, 2.45) is 0 Å². The molecule has 0 unspecified atom stereocenters. The van der Waals surface area contributed by atoms with Crippen LogP contribution in [0.1, 0.15) is 19.8 Å². The fraction of sp³-hybridized carbons (Fsp3) is 0.600. The monoisotopic (exact) mass is 318 g/mol. The summed E-state index contributed by atoms with van der Waals surface area (Å²) < 4.78 is 37.1. The third kappa shape index (κ3) is 5.43. The number of hydrogen-bond donors (Lipinski definition) is 1. The topological polar surface area (TPSA) is 15.3 Å². The number of anilines is 1. The molecular formula is C15H21F3N2S. The number of benzene rings is 1. The van der Waals surface area contributed by atoms with Crippen LogP contribution in [0.25, 0.3) is 0 Å². The number of thioether (sulfide) groups is 1. The van der Waals surface area contributed by atoms with Crippen LogP contribution in [0.5, 0.6) is 0 Å². The van der Waals surface area contributed by atoms with Gasteiger partial charge in [-0.2, -0.15) is 13.2 Å². The lowest BCUT2D eigenvalue weighted by molar-refractivity contribution is -0.147. The van der Waals surface area contributed by atoms with Crippen molar-refractivity contribution in [1.29, 1.82) is 0 Å². The molecule has 0 bridgehead atoms. The van der Waals surface area contributed by atoms with Crippen molar-refractivity contribution in [1.82, 2.24) is 4.90 Å². The number of rotatable bonds is 5. The van der Waals surface area contributed by atoms with Gasteiger partial charge in [-0.25, -0.2) is 0 Å². The Morgan fingerprint density at radius 1 is 1.24 bits per heavy atom. The average molecular weight is 318 g/mol. The highest BCUT2D eigenvalue weighted by Crippen LogP contribution is 2.29. The number of nitrogens with one attached hydrogen (secondary N) is 1. The van der Waals surface area contributed by atoms with Crippen molar-refractivity contribution >= 4 is 17.4 Å². The molecule has 0 spiro atoms. The SMILES string of the molecule is CCSc1ccccc1NC1CCN(CC(F)(F)F)CC1. The third-order valence-corrected chi connectivity index (χ3v) is 4.49. The van der Waals surface area contributed by atoms with Crippen LogP contribution in [-0.4, -0.2) is 42.5 Å². The highest BCUT2D eigenvalue weighted by atomic mass is 32.2. The van der Waals surface area contributed by atoms with E-state index in [4.69, 9.17) is 0 Å².